The molecular formula is C14H22N4O2. The minimum absolute atomic E-state index is 0.135. The van der Waals surface area contributed by atoms with Crippen LogP contribution in [0.3, 0.4) is 0 Å². The molecule has 2 atom stereocenters. The molecule has 2 amide bonds. The van der Waals surface area contributed by atoms with E-state index >= 15 is 0 Å². The molecule has 20 heavy (non-hydrogen) atoms. The summed E-state index contributed by atoms with van der Waals surface area (Å²) in [4.78, 5) is 15.8. The Kier molecular flexibility index (Phi) is 3.89. The van der Waals surface area contributed by atoms with Crippen molar-refractivity contribution in [2.75, 3.05) is 0 Å². The Labute approximate surface area is 118 Å². The van der Waals surface area contributed by atoms with E-state index in [9.17, 15) is 4.79 Å². The van der Waals surface area contributed by atoms with Crippen LogP contribution in [0.2, 0.25) is 0 Å². The number of aromatic nitrogens is 2. The number of carbonyl (C=O) groups is 1. The topological polar surface area (TPSA) is 80.0 Å². The largest absolute Gasteiger partial charge is 0.337 e. The molecule has 1 aromatic rings. The van der Waals surface area contributed by atoms with Crippen LogP contribution in [0.15, 0.2) is 4.52 Å². The van der Waals surface area contributed by atoms with Gasteiger partial charge in [0.15, 0.2) is 5.82 Å². The Morgan fingerprint density at radius 1 is 1.35 bits per heavy atom. The fourth-order valence-electron chi connectivity index (χ4n) is 3.25. The van der Waals surface area contributed by atoms with Crippen molar-refractivity contribution in [3.8, 4) is 0 Å². The molecular weight excluding hydrogens is 256 g/mol. The second-order valence-electron chi connectivity index (χ2n) is 5.97. The van der Waals surface area contributed by atoms with Gasteiger partial charge < -0.3 is 15.2 Å². The number of amides is 2. The van der Waals surface area contributed by atoms with E-state index in [-0.39, 0.29) is 12.6 Å². The van der Waals surface area contributed by atoms with Crippen LogP contribution in [0, 0.1) is 18.8 Å². The number of nitrogens with zero attached hydrogens (tertiary/aromatic N) is 2. The number of nitrogens with one attached hydrogen (secondary N) is 2. The molecule has 0 unspecified atom stereocenters. The van der Waals surface area contributed by atoms with Crippen LogP contribution < -0.4 is 10.6 Å². The van der Waals surface area contributed by atoms with E-state index < -0.39 is 0 Å². The van der Waals surface area contributed by atoms with Gasteiger partial charge in [-0.15, -0.1) is 0 Å². The number of hydrogen-bond acceptors (Lipinski definition) is 4. The van der Waals surface area contributed by atoms with Crippen LogP contribution in [0.1, 0.15) is 50.2 Å². The van der Waals surface area contributed by atoms with Gasteiger partial charge in [-0.3, -0.25) is 0 Å². The first kappa shape index (κ1) is 13.4. The third-order valence-electron chi connectivity index (χ3n) is 4.38. The van der Waals surface area contributed by atoms with Crippen molar-refractivity contribution in [1.29, 1.82) is 0 Å². The normalized spacial score (nSPS) is 26.2. The molecule has 6 heteroatoms. The van der Waals surface area contributed by atoms with Gasteiger partial charge in [0, 0.05) is 6.04 Å². The summed E-state index contributed by atoms with van der Waals surface area (Å²) in [7, 11) is 0. The fraction of sp³-hybridized carbons (Fsp3) is 0.786. The average Bonchev–Trinajstić information content (AvgIpc) is 3.09. The number of rotatable bonds is 4. The van der Waals surface area contributed by atoms with Crippen molar-refractivity contribution in [3.63, 3.8) is 0 Å². The van der Waals surface area contributed by atoms with Crippen molar-refractivity contribution >= 4 is 6.03 Å². The molecule has 0 saturated heterocycles. The van der Waals surface area contributed by atoms with Gasteiger partial charge in [-0.05, 0) is 25.2 Å². The zero-order valence-electron chi connectivity index (χ0n) is 11.9. The number of hydrogen-bond donors (Lipinski definition) is 2. The quantitative estimate of drug-likeness (QED) is 0.884. The first-order chi connectivity index (χ1) is 9.72. The van der Waals surface area contributed by atoms with Crippen molar-refractivity contribution in [2.45, 2.75) is 58.0 Å². The minimum Gasteiger partial charge on any atom is -0.337 e. The molecule has 6 nitrogen and oxygen atoms in total. The molecule has 2 aliphatic carbocycles. The van der Waals surface area contributed by atoms with Gasteiger partial charge in [-0.2, -0.15) is 4.98 Å². The molecule has 2 fully saturated rings. The second-order valence-corrected chi connectivity index (χ2v) is 5.97. The van der Waals surface area contributed by atoms with Crippen LogP contribution >= 0.6 is 0 Å². The molecule has 0 spiro atoms. The summed E-state index contributed by atoms with van der Waals surface area (Å²) >= 11 is 0. The van der Waals surface area contributed by atoms with E-state index in [0.29, 0.717) is 23.7 Å². The van der Waals surface area contributed by atoms with Gasteiger partial charge >= 0.3 is 6.03 Å². The van der Waals surface area contributed by atoms with E-state index in [1.807, 2.05) is 0 Å². The molecule has 1 heterocycles. The van der Waals surface area contributed by atoms with Gasteiger partial charge in [0.2, 0.25) is 5.89 Å². The van der Waals surface area contributed by atoms with E-state index in [2.05, 4.69) is 20.8 Å². The third-order valence-corrected chi connectivity index (χ3v) is 4.38. The minimum atomic E-state index is -0.135. The molecule has 1 aromatic heterocycles. The SMILES string of the molecule is Cc1noc(CNC(=O)N[C@@H]2C[C@H]2C2CCCCC2)n1. The Balaban J connectivity index is 1.37. The molecule has 2 N–H and O–H groups in total. The zero-order valence-corrected chi connectivity index (χ0v) is 11.9. The second kappa shape index (κ2) is 5.81. The summed E-state index contributed by atoms with van der Waals surface area (Å²) in [6, 6.07) is 0.228. The van der Waals surface area contributed by atoms with Crippen molar-refractivity contribution in [2.24, 2.45) is 11.8 Å². The monoisotopic (exact) mass is 278 g/mol. The van der Waals surface area contributed by atoms with E-state index in [0.717, 1.165) is 12.3 Å². The van der Waals surface area contributed by atoms with Crippen LogP contribution in [0.4, 0.5) is 4.79 Å². The first-order valence-electron chi connectivity index (χ1n) is 7.56. The summed E-state index contributed by atoms with van der Waals surface area (Å²) in [5, 5.41) is 9.48. The van der Waals surface area contributed by atoms with E-state index in [1.165, 1.54) is 32.1 Å². The van der Waals surface area contributed by atoms with Gasteiger partial charge in [0.1, 0.15) is 0 Å². The third kappa shape index (κ3) is 3.29. The van der Waals surface area contributed by atoms with Crippen LogP contribution in [-0.4, -0.2) is 22.2 Å². The Morgan fingerprint density at radius 2 is 2.15 bits per heavy atom. The highest BCUT2D eigenvalue weighted by atomic mass is 16.5. The van der Waals surface area contributed by atoms with Crippen LogP contribution in [-0.2, 0) is 6.54 Å². The Morgan fingerprint density at radius 3 is 2.85 bits per heavy atom. The molecule has 0 bridgehead atoms. The van der Waals surface area contributed by atoms with Crippen molar-refractivity contribution in [1.82, 2.24) is 20.8 Å². The predicted octanol–water partition coefficient (Wildman–Crippen LogP) is 2.15. The molecule has 110 valence electrons. The standard InChI is InChI=1S/C14H22N4O2/c1-9-16-13(20-18-9)8-15-14(19)17-12-7-11(12)10-5-3-2-4-6-10/h10-12H,2-8H2,1H3,(H2,15,17,19)/t11-,12+/m0/s1. The Bertz CT molecular complexity index is 467. The molecule has 0 radical (unpaired) electrons. The lowest BCUT2D eigenvalue weighted by molar-refractivity contribution is 0.236. The highest BCUT2D eigenvalue weighted by Gasteiger charge is 2.43. The average molecular weight is 278 g/mol. The summed E-state index contributed by atoms with van der Waals surface area (Å²) in [5.74, 6) is 2.55. The summed E-state index contributed by atoms with van der Waals surface area (Å²) in [6.45, 7) is 2.04. The summed E-state index contributed by atoms with van der Waals surface area (Å²) in [6.07, 6.45) is 7.91. The maximum Gasteiger partial charge on any atom is 0.315 e. The smallest absolute Gasteiger partial charge is 0.315 e. The van der Waals surface area contributed by atoms with Gasteiger partial charge in [-0.1, -0.05) is 37.3 Å². The lowest BCUT2D eigenvalue weighted by Crippen LogP contribution is -2.37. The molecule has 0 aromatic carbocycles. The number of aryl methyl sites for hydroxylation is 1. The van der Waals surface area contributed by atoms with Crippen LogP contribution in [0.5, 0.6) is 0 Å². The highest BCUT2D eigenvalue weighted by Crippen LogP contribution is 2.44. The van der Waals surface area contributed by atoms with E-state index in [4.69, 9.17) is 4.52 Å². The first-order valence-corrected chi connectivity index (χ1v) is 7.56. The highest BCUT2D eigenvalue weighted by molar-refractivity contribution is 5.74. The van der Waals surface area contributed by atoms with Gasteiger partial charge in [-0.25, -0.2) is 4.79 Å². The maximum absolute atomic E-state index is 11.8. The molecule has 2 aliphatic rings. The van der Waals surface area contributed by atoms with E-state index in [1.54, 1.807) is 6.92 Å². The van der Waals surface area contributed by atoms with Gasteiger partial charge in [0.25, 0.3) is 0 Å². The predicted molar refractivity (Wildman–Crippen MR) is 72.9 cm³/mol. The Hall–Kier alpha value is -1.59. The maximum atomic E-state index is 11.8. The lowest BCUT2D eigenvalue weighted by atomic mass is 9.85. The molecule has 0 aliphatic heterocycles. The van der Waals surface area contributed by atoms with Crippen molar-refractivity contribution < 1.29 is 9.32 Å². The van der Waals surface area contributed by atoms with Gasteiger partial charge in [0.05, 0.1) is 6.54 Å². The fourth-order valence-corrected chi connectivity index (χ4v) is 3.25. The zero-order chi connectivity index (χ0) is 13.9. The molecule has 3 rings (SSSR count). The summed E-state index contributed by atoms with van der Waals surface area (Å²) < 4.78 is 4.95. The summed E-state index contributed by atoms with van der Waals surface area (Å²) in [5.41, 5.74) is 0. The molecule has 2 saturated carbocycles. The lowest BCUT2D eigenvalue weighted by Gasteiger charge is -2.21. The van der Waals surface area contributed by atoms with Crippen molar-refractivity contribution in [3.05, 3.63) is 11.7 Å². The van der Waals surface area contributed by atoms with Crippen LogP contribution in [0.25, 0.3) is 0 Å². The number of carbonyl (C=O) groups excluding carboxylic acids is 1. The number of urea groups is 1.